The molecule has 2 fully saturated rings. The Morgan fingerprint density at radius 1 is 1.14 bits per heavy atom. The molecule has 3 rings (SSSR count). The van der Waals surface area contributed by atoms with Crippen molar-refractivity contribution in [1.29, 1.82) is 4.78 Å². The van der Waals surface area contributed by atoms with Gasteiger partial charge in [0.25, 0.3) is 0 Å². The Kier molecular flexibility index (Phi) is 6.03. The molecule has 0 amide bonds. The maximum Gasteiger partial charge on any atom is 0.148 e. The first kappa shape index (κ1) is 21.7. The third-order valence-electron chi connectivity index (χ3n) is 6.49. The number of hydrogen-bond donors (Lipinski definition) is 1. The number of nitrogens with zero attached hydrogens (tertiary/aromatic N) is 1. The number of Topliss-reactive ketones (excluding diaryl/α,β-unsaturated/α-hetero) is 2. The Balaban J connectivity index is 1.83. The number of hydrogen-bond acceptors (Lipinski definition) is 4. The lowest BCUT2D eigenvalue weighted by molar-refractivity contribution is -0.138. The van der Waals surface area contributed by atoms with E-state index in [4.69, 9.17) is 4.78 Å². The Bertz CT molecular complexity index is 963. The van der Waals surface area contributed by atoms with Crippen LogP contribution in [0.3, 0.4) is 0 Å². The lowest BCUT2D eigenvalue weighted by Gasteiger charge is -2.44. The quantitative estimate of drug-likeness (QED) is 0.604. The summed E-state index contributed by atoms with van der Waals surface area (Å²) in [5, 5.41) is 0. The monoisotopic (exact) mass is 414 g/mol. The molecular weight excluding hydrogens is 384 g/mol. The SMILES string of the molecule is CC#Cc1cc(C)c(C2C(=O)CC3(CCN(S(=N)(=O)CC)CC3)CC2=O)c(C)c1. The van der Waals surface area contributed by atoms with Crippen molar-refractivity contribution in [2.45, 2.75) is 59.3 Å². The maximum atomic E-state index is 13.2. The molecule has 1 saturated heterocycles. The van der Waals surface area contributed by atoms with Crippen molar-refractivity contribution in [1.82, 2.24) is 4.31 Å². The number of benzene rings is 1. The first-order chi connectivity index (χ1) is 13.6. The summed E-state index contributed by atoms with van der Waals surface area (Å²) in [5.74, 6) is 5.55. The molecule has 1 aromatic carbocycles. The van der Waals surface area contributed by atoms with Crippen molar-refractivity contribution in [3.05, 3.63) is 34.4 Å². The Labute approximate surface area is 174 Å². The van der Waals surface area contributed by atoms with Crippen LogP contribution >= 0.6 is 0 Å². The lowest BCUT2D eigenvalue weighted by Crippen LogP contribution is -2.48. The van der Waals surface area contributed by atoms with Gasteiger partial charge in [0.15, 0.2) is 0 Å². The molecule has 0 aromatic heterocycles. The summed E-state index contributed by atoms with van der Waals surface area (Å²) in [6, 6.07) is 3.91. The number of carbonyl (C=O) groups is 2. The summed E-state index contributed by atoms with van der Waals surface area (Å²) < 4.78 is 22.1. The van der Waals surface area contributed by atoms with Gasteiger partial charge in [0.05, 0.1) is 0 Å². The van der Waals surface area contributed by atoms with Crippen LogP contribution in [0, 0.1) is 35.9 Å². The zero-order chi connectivity index (χ0) is 21.4. The molecule has 5 nitrogen and oxygen atoms in total. The first-order valence-electron chi connectivity index (χ1n) is 10.2. The summed E-state index contributed by atoms with van der Waals surface area (Å²) in [6.07, 6.45) is 2.07. The second kappa shape index (κ2) is 8.04. The fraction of sp³-hybridized carbons (Fsp3) is 0.565. The molecule has 1 heterocycles. The number of piperidine rings is 1. The van der Waals surface area contributed by atoms with Crippen LogP contribution in [0.5, 0.6) is 0 Å². The fourth-order valence-corrected chi connectivity index (χ4v) is 6.08. The highest BCUT2D eigenvalue weighted by atomic mass is 32.2. The molecule has 1 aliphatic heterocycles. The van der Waals surface area contributed by atoms with Crippen LogP contribution in [0.4, 0.5) is 0 Å². The molecule has 1 atom stereocenters. The highest BCUT2D eigenvalue weighted by Crippen LogP contribution is 2.47. The van der Waals surface area contributed by atoms with Crippen LogP contribution in [0.2, 0.25) is 0 Å². The van der Waals surface area contributed by atoms with Gasteiger partial charge in [-0.1, -0.05) is 12.8 Å². The van der Waals surface area contributed by atoms with Gasteiger partial charge in [-0.2, -0.15) is 0 Å². The zero-order valence-corrected chi connectivity index (χ0v) is 18.6. The molecule has 1 aliphatic carbocycles. The molecule has 2 aliphatic rings. The van der Waals surface area contributed by atoms with Gasteiger partial charge < -0.3 is 0 Å². The van der Waals surface area contributed by atoms with Crippen LogP contribution in [0.1, 0.15) is 67.7 Å². The summed E-state index contributed by atoms with van der Waals surface area (Å²) in [5.41, 5.74) is 3.30. The van der Waals surface area contributed by atoms with E-state index in [2.05, 4.69) is 11.8 Å². The van der Waals surface area contributed by atoms with E-state index in [-0.39, 0.29) is 17.0 Å². The van der Waals surface area contributed by atoms with Crippen LogP contribution in [0.15, 0.2) is 12.1 Å². The fourth-order valence-electron chi connectivity index (χ4n) is 4.95. The van der Waals surface area contributed by atoms with Crippen LogP contribution in [-0.4, -0.2) is 38.9 Å². The number of nitrogens with one attached hydrogen (secondary N) is 1. The van der Waals surface area contributed by atoms with Crippen LogP contribution < -0.4 is 0 Å². The van der Waals surface area contributed by atoms with Gasteiger partial charge in [-0.15, -0.1) is 5.92 Å². The zero-order valence-electron chi connectivity index (χ0n) is 17.8. The van der Waals surface area contributed by atoms with E-state index in [9.17, 15) is 13.8 Å². The molecule has 1 N–H and O–H groups in total. The molecule has 1 spiro atoms. The van der Waals surface area contributed by atoms with Crippen molar-refractivity contribution in [2.24, 2.45) is 5.41 Å². The minimum atomic E-state index is -2.73. The third-order valence-corrected chi connectivity index (χ3v) is 8.47. The molecule has 0 bridgehead atoms. The molecule has 1 aromatic rings. The normalized spacial score (nSPS) is 22.2. The van der Waals surface area contributed by atoms with E-state index in [1.165, 1.54) is 0 Å². The van der Waals surface area contributed by atoms with Gasteiger partial charge in [0.1, 0.15) is 27.4 Å². The van der Waals surface area contributed by atoms with E-state index < -0.39 is 15.8 Å². The van der Waals surface area contributed by atoms with Crippen molar-refractivity contribution < 1.29 is 13.8 Å². The summed E-state index contributed by atoms with van der Waals surface area (Å²) in [4.78, 5) is 26.3. The van der Waals surface area contributed by atoms with Gasteiger partial charge in [-0.3, -0.25) is 9.59 Å². The molecular formula is C23H30N2O3S. The number of carbonyl (C=O) groups excluding carboxylic acids is 2. The van der Waals surface area contributed by atoms with Crippen molar-refractivity contribution in [3.63, 3.8) is 0 Å². The van der Waals surface area contributed by atoms with Gasteiger partial charge in [0, 0.05) is 37.2 Å². The summed E-state index contributed by atoms with van der Waals surface area (Å²) >= 11 is 0. The van der Waals surface area contributed by atoms with Crippen LogP contribution in [0.25, 0.3) is 0 Å². The van der Waals surface area contributed by atoms with Gasteiger partial charge >= 0.3 is 0 Å². The van der Waals surface area contributed by atoms with Crippen molar-refractivity contribution in [2.75, 3.05) is 18.8 Å². The van der Waals surface area contributed by atoms with E-state index in [0.717, 1.165) is 22.3 Å². The Morgan fingerprint density at radius 2 is 1.66 bits per heavy atom. The summed E-state index contributed by atoms with van der Waals surface area (Å²) in [6.45, 7) is 8.48. The number of aryl methyl sites for hydroxylation is 2. The predicted molar refractivity (Wildman–Crippen MR) is 115 cm³/mol. The van der Waals surface area contributed by atoms with Gasteiger partial charge in [-0.05, 0) is 67.9 Å². The first-order valence-corrected chi connectivity index (χ1v) is 11.9. The van der Waals surface area contributed by atoms with E-state index >= 15 is 0 Å². The molecule has 156 valence electrons. The molecule has 1 saturated carbocycles. The average molecular weight is 415 g/mol. The Morgan fingerprint density at radius 3 is 2.10 bits per heavy atom. The number of ketones is 2. The molecule has 1 unspecified atom stereocenters. The van der Waals surface area contributed by atoms with Gasteiger partial charge in [0.2, 0.25) is 0 Å². The minimum Gasteiger partial charge on any atom is -0.299 e. The van der Waals surface area contributed by atoms with E-state index in [1.54, 1.807) is 18.2 Å². The highest BCUT2D eigenvalue weighted by Gasteiger charge is 2.48. The second-order valence-corrected chi connectivity index (χ2v) is 10.9. The Hall–Kier alpha value is -1.97. The van der Waals surface area contributed by atoms with Crippen molar-refractivity contribution in [3.8, 4) is 11.8 Å². The number of rotatable bonds is 3. The summed E-state index contributed by atoms with van der Waals surface area (Å²) in [7, 11) is -2.73. The van der Waals surface area contributed by atoms with Crippen LogP contribution in [-0.2, 0) is 19.5 Å². The molecule has 0 radical (unpaired) electrons. The standard InChI is InChI=1S/C23H30N2O3S/c1-5-7-18-12-16(3)21(17(4)13-18)22-19(26)14-23(15-20(22)27)8-10-25(11-9-23)29(24,28)6-2/h12-13,22,24H,6,8-11,14-15H2,1-4H3. The van der Waals surface area contributed by atoms with Gasteiger partial charge in [-0.25, -0.2) is 13.3 Å². The predicted octanol–water partition coefficient (Wildman–Crippen LogP) is 3.75. The topological polar surface area (TPSA) is 78.3 Å². The second-order valence-electron chi connectivity index (χ2n) is 8.48. The highest BCUT2D eigenvalue weighted by molar-refractivity contribution is 7.90. The molecule has 6 heteroatoms. The molecule has 29 heavy (non-hydrogen) atoms. The lowest BCUT2D eigenvalue weighted by atomic mass is 9.63. The maximum absolute atomic E-state index is 13.2. The third kappa shape index (κ3) is 4.17. The smallest absolute Gasteiger partial charge is 0.148 e. The van der Waals surface area contributed by atoms with E-state index in [0.29, 0.717) is 44.5 Å². The minimum absolute atomic E-state index is 0.00248. The largest absolute Gasteiger partial charge is 0.299 e. The average Bonchev–Trinajstić information content (AvgIpc) is 2.64. The van der Waals surface area contributed by atoms with Crippen molar-refractivity contribution >= 4 is 21.5 Å². The van der Waals surface area contributed by atoms with E-state index in [1.807, 2.05) is 26.0 Å².